The number of hydrogen-bond acceptors (Lipinski definition) is 4. The first-order chi connectivity index (χ1) is 9.56. The minimum atomic E-state index is -3.70. The number of nitrogens with zero attached hydrogens (tertiary/aromatic N) is 3. The van der Waals surface area contributed by atoms with Crippen LogP contribution in [0.4, 0.5) is 5.69 Å². The van der Waals surface area contributed by atoms with Crippen molar-refractivity contribution in [3.05, 3.63) is 54.5 Å². The van der Waals surface area contributed by atoms with Gasteiger partial charge < -0.3 is 0 Å². The van der Waals surface area contributed by atoms with Crippen molar-refractivity contribution in [2.24, 2.45) is 0 Å². The maximum absolute atomic E-state index is 12.4. The Morgan fingerprint density at radius 2 is 2.05 bits per heavy atom. The van der Waals surface area contributed by atoms with E-state index in [1.54, 1.807) is 34.9 Å². The zero-order chi connectivity index (χ0) is 14.2. The molecule has 3 rings (SSSR count). The van der Waals surface area contributed by atoms with E-state index in [2.05, 4.69) is 14.9 Å². The third-order valence-electron chi connectivity index (χ3n) is 2.85. The molecule has 7 heteroatoms. The van der Waals surface area contributed by atoms with Gasteiger partial charge in [-0.2, -0.15) is 0 Å². The number of hydrogen-bond donors (Lipinski definition) is 1. The number of aryl methyl sites for hydroxylation is 1. The van der Waals surface area contributed by atoms with Crippen LogP contribution in [0.3, 0.4) is 0 Å². The molecule has 2 aromatic heterocycles. The van der Waals surface area contributed by atoms with Crippen molar-refractivity contribution in [2.45, 2.75) is 11.8 Å². The second-order valence-electron chi connectivity index (χ2n) is 4.41. The third-order valence-corrected chi connectivity index (χ3v) is 4.25. The van der Waals surface area contributed by atoms with E-state index in [1.807, 2.05) is 13.0 Å². The van der Waals surface area contributed by atoms with E-state index in [0.29, 0.717) is 11.3 Å². The average Bonchev–Trinajstić information content (AvgIpc) is 2.85. The van der Waals surface area contributed by atoms with E-state index >= 15 is 0 Å². The molecule has 0 unspecified atom stereocenters. The van der Waals surface area contributed by atoms with Gasteiger partial charge in [0.05, 0.1) is 0 Å². The molecule has 0 aliphatic heterocycles. The average molecular weight is 288 g/mol. The van der Waals surface area contributed by atoms with E-state index in [0.717, 1.165) is 5.56 Å². The van der Waals surface area contributed by atoms with Gasteiger partial charge in [-0.25, -0.2) is 8.42 Å². The van der Waals surface area contributed by atoms with Gasteiger partial charge in [0, 0.05) is 11.9 Å². The summed E-state index contributed by atoms with van der Waals surface area (Å²) in [6, 6.07) is 10.3. The number of sulfonamides is 1. The first kappa shape index (κ1) is 12.6. The Labute approximate surface area is 116 Å². The highest BCUT2D eigenvalue weighted by molar-refractivity contribution is 7.93. The number of pyridine rings is 1. The Hall–Kier alpha value is -2.41. The molecule has 1 aromatic carbocycles. The van der Waals surface area contributed by atoms with Crippen LogP contribution < -0.4 is 4.72 Å². The van der Waals surface area contributed by atoms with Crippen LogP contribution in [-0.2, 0) is 10.0 Å². The van der Waals surface area contributed by atoms with E-state index in [9.17, 15) is 8.42 Å². The fourth-order valence-electron chi connectivity index (χ4n) is 1.95. The second kappa shape index (κ2) is 4.61. The lowest BCUT2D eigenvalue weighted by atomic mass is 10.2. The van der Waals surface area contributed by atoms with Crippen LogP contribution in [0.5, 0.6) is 0 Å². The molecule has 0 fully saturated rings. The normalized spacial score (nSPS) is 11.7. The molecule has 0 aliphatic rings. The van der Waals surface area contributed by atoms with Crippen LogP contribution in [0.1, 0.15) is 5.56 Å². The fourth-order valence-corrected chi connectivity index (χ4v) is 3.15. The van der Waals surface area contributed by atoms with Crippen LogP contribution in [0.15, 0.2) is 53.8 Å². The molecule has 0 bridgehead atoms. The molecule has 0 radical (unpaired) electrons. The topological polar surface area (TPSA) is 76.4 Å². The predicted octanol–water partition coefficient (Wildman–Crippen LogP) is 1.84. The fraction of sp³-hybridized carbons (Fsp3) is 0.0769. The van der Waals surface area contributed by atoms with Crippen molar-refractivity contribution in [1.82, 2.24) is 14.6 Å². The number of benzene rings is 1. The first-order valence-electron chi connectivity index (χ1n) is 5.94. The molecule has 6 nitrogen and oxygen atoms in total. The standard InChI is InChI=1S/C13H12N4O2S/c1-10-4-2-5-11(8-10)16-20(18,19)12-6-3-7-17-9-14-15-13(12)17/h2-9,16H,1H3. The molecule has 0 atom stereocenters. The zero-order valence-electron chi connectivity index (χ0n) is 10.7. The highest BCUT2D eigenvalue weighted by atomic mass is 32.2. The highest BCUT2D eigenvalue weighted by Crippen LogP contribution is 2.19. The molecule has 0 amide bonds. The Bertz CT molecular complexity index is 871. The highest BCUT2D eigenvalue weighted by Gasteiger charge is 2.19. The Kier molecular flexibility index (Phi) is 2.90. The van der Waals surface area contributed by atoms with Crippen LogP contribution in [-0.4, -0.2) is 23.0 Å². The summed E-state index contributed by atoms with van der Waals surface area (Å²) in [6.45, 7) is 1.90. The maximum atomic E-state index is 12.4. The van der Waals surface area contributed by atoms with E-state index in [4.69, 9.17) is 0 Å². The Morgan fingerprint density at radius 3 is 2.85 bits per heavy atom. The zero-order valence-corrected chi connectivity index (χ0v) is 11.5. The van der Waals surface area contributed by atoms with Gasteiger partial charge in [0.1, 0.15) is 11.2 Å². The van der Waals surface area contributed by atoms with E-state index < -0.39 is 10.0 Å². The third kappa shape index (κ3) is 2.23. The number of rotatable bonds is 3. The van der Waals surface area contributed by atoms with Crippen molar-refractivity contribution < 1.29 is 8.42 Å². The minimum Gasteiger partial charge on any atom is -0.288 e. The Morgan fingerprint density at radius 1 is 1.20 bits per heavy atom. The molecular weight excluding hydrogens is 276 g/mol. The van der Waals surface area contributed by atoms with E-state index in [-0.39, 0.29) is 4.90 Å². The summed E-state index contributed by atoms with van der Waals surface area (Å²) in [4.78, 5) is 0.0963. The van der Waals surface area contributed by atoms with Gasteiger partial charge >= 0.3 is 0 Å². The molecular formula is C13H12N4O2S. The van der Waals surface area contributed by atoms with Crippen molar-refractivity contribution in [3.63, 3.8) is 0 Å². The SMILES string of the molecule is Cc1cccc(NS(=O)(=O)c2cccn3cnnc23)c1. The lowest BCUT2D eigenvalue weighted by molar-refractivity contribution is 0.601. The van der Waals surface area contributed by atoms with Crippen molar-refractivity contribution in [2.75, 3.05) is 4.72 Å². The summed E-state index contributed by atoms with van der Waals surface area (Å²) in [5, 5.41) is 7.56. The predicted molar refractivity (Wildman–Crippen MR) is 75.0 cm³/mol. The lowest BCUT2D eigenvalue weighted by Crippen LogP contribution is -2.14. The van der Waals surface area contributed by atoms with E-state index in [1.165, 1.54) is 12.4 Å². The summed E-state index contributed by atoms with van der Waals surface area (Å²) in [5.41, 5.74) is 1.80. The molecule has 1 N–H and O–H groups in total. The van der Waals surface area contributed by atoms with Crippen molar-refractivity contribution >= 4 is 21.4 Å². The summed E-state index contributed by atoms with van der Waals surface area (Å²) in [6.07, 6.45) is 3.15. The van der Waals surface area contributed by atoms with Gasteiger partial charge in [-0.05, 0) is 36.8 Å². The monoisotopic (exact) mass is 288 g/mol. The van der Waals surface area contributed by atoms with Gasteiger partial charge in [0.25, 0.3) is 10.0 Å². The van der Waals surface area contributed by atoms with Gasteiger partial charge in [0.2, 0.25) is 0 Å². The number of aromatic nitrogens is 3. The number of fused-ring (bicyclic) bond motifs is 1. The smallest absolute Gasteiger partial charge is 0.265 e. The van der Waals surface area contributed by atoms with Gasteiger partial charge in [0.15, 0.2) is 5.65 Å². The second-order valence-corrected chi connectivity index (χ2v) is 6.06. The Balaban J connectivity index is 2.06. The molecule has 2 heterocycles. The molecule has 102 valence electrons. The number of nitrogens with one attached hydrogen (secondary N) is 1. The van der Waals surface area contributed by atoms with Gasteiger partial charge in [-0.15, -0.1) is 10.2 Å². The molecule has 0 saturated carbocycles. The summed E-state index contributed by atoms with van der Waals surface area (Å²) >= 11 is 0. The first-order valence-corrected chi connectivity index (χ1v) is 7.42. The quantitative estimate of drug-likeness (QED) is 0.798. The van der Waals surface area contributed by atoms with Crippen LogP contribution >= 0.6 is 0 Å². The summed E-state index contributed by atoms with van der Waals surface area (Å²) in [5.74, 6) is 0. The molecule has 0 saturated heterocycles. The molecule has 3 aromatic rings. The van der Waals surface area contributed by atoms with Crippen LogP contribution in [0.2, 0.25) is 0 Å². The van der Waals surface area contributed by atoms with Gasteiger partial charge in [-0.1, -0.05) is 12.1 Å². The van der Waals surface area contributed by atoms with Crippen molar-refractivity contribution in [1.29, 1.82) is 0 Å². The molecule has 0 aliphatic carbocycles. The maximum Gasteiger partial charge on any atom is 0.265 e. The summed E-state index contributed by atoms with van der Waals surface area (Å²) < 4.78 is 29.0. The van der Waals surface area contributed by atoms with Crippen LogP contribution in [0.25, 0.3) is 5.65 Å². The molecule has 0 spiro atoms. The lowest BCUT2D eigenvalue weighted by Gasteiger charge is -2.09. The minimum absolute atomic E-state index is 0.0963. The van der Waals surface area contributed by atoms with Crippen LogP contribution in [0, 0.1) is 6.92 Å². The molecule has 20 heavy (non-hydrogen) atoms. The van der Waals surface area contributed by atoms with Gasteiger partial charge in [-0.3, -0.25) is 9.12 Å². The van der Waals surface area contributed by atoms with Crippen molar-refractivity contribution in [3.8, 4) is 0 Å². The number of anilines is 1. The summed E-state index contributed by atoms with van der Waals surface area (Å²) in [7, 11) is -3.70. The largest absolute Gasteiger partial charge is 0.288 e.